The van der Waals surface area contributed by atoms with Crippen LogP contribution < -0.4 is 0 Å². The molecule has 0 N–H and O–H groups in total. The number of unbranched alkanes of at least 4 members (excludes halogenated alkanes) is 2. The van der Waals surface area contributed by atoms with Gasteiger partial charge in [0.05, 0.1) is 13.2 Å². The first-order valence-electron chi connectivity index (χ1n) is 8.26. The predicted octanol–water partition coefficient (Wildman–Crippen LogP) is 5.48. The molecular formula is C17H36O3Si. The lowest BCUT2D eigenvalue weighted by Gasteiger charge is -2.38. The minimum atomic E-state index is -1.89. The minimum absolute atomic E-state index is 0.146. The second-order valence-corrected chi connectivity index (χ2v) is 11.8. The molecule has 0 atom stereocenters. The normalized spacial score (nSPS) is 12.8. The molecule has 0 aliphatic carbocycles. The number of ether oxygens (including phenoxy) is 2. The van der Waals surface area contributed by atoms with Crippen LogP contribution in [0.1, 0.15) is 60.3 Å². The van der Waals surface area contributed by atoms with Crippen LogP contribution in [0.25, 0.3) is 0 Å². The first-order valence-corrected chi connectivity index (χ1v) is 11.2. The molecule has 4 heteroatoms. The van der Waals surface area contributed by atoms with Gasteiger partial charge in [0, 0.05) is 0 Å². The van der Waals surface area contributed by atoms with Crippen molar-refractivity contribution >= 4 is 8.32 Å². The highest BCUT2D eigenvalue weighted by atomic mass is 28.4. The van der Waals surface area contributed by atoms with Crippen molar-refractivity contribution in [1.29, 1.82) is 0 Å². The van der Waals surface area contributed by atoms with Crippen LogP contribution in [0, 0.1) is 0 Å². The Bertz CT molecular complexity index is 285. The standard InChI is InChI=1S/C17H36O3Si/c1-9-11-13-18-16(19-14-12-10-2)15(3)20-21(7,8)17(4,5)6/h16H,3,9-14H2,1-2,4-8H3. The van der Waals surface area contributed by atoms with E-state index in [9.17, 15) is 0 Å². The highest BCUT2D eigenvalue weighted by Gasteiger charge is 2.40. The molecule has 0 fully saturated rings. The van der Waals surface area contributed by atoms with Gasteiger partial charge in [0.15, 0.2) is 0 Å². The Balaban J connectivity index is 4.61. The largest absolute Gasteiger partial charge is 0.543 e. The zero-order chi connectivity index (χ0) is 16.5. The fraction of sp³-hybridized carbons (Fsp3) is 0.882. The number of rotatable bonds is 11. The molecule has 0 saturated heterocycles. The zero-order valence-electron chi connectivity index (χ0n) is 15.3. The summed E-state index contributed by atoms with van der Waals surface area (Å²) in [6, 6.07) is 0. The first-order chi connectivity index (χ1) is 9.65. The van der Waals surface area contributed by atoms with Crippen LogP contribution in [0.15, 0.2) is 12.3 Å². The minimum Gasteiger partial charge on any atom is -0.543 e. The van der Waals surface area contributed by atoms with Gasteiger partial charge in [-0.2, -0.15) is 0 Å². The van der Waals surface area contributed by atoms with Crippen molar-refractivity contribution < 1.29 is 13.9 Å². The Morgan fingerprint density at radius 3 is 1.76 bits per heavy atom. The molecular weight excluding hydrogens is 280 g/mol. The van der Waals surface area contributed by atoms with Crippen LogP contribution in [-0.4, -0.2) is 27.8 Å². The van der Waals surface area contributed by atoms with Gasteiger partial charge in [-0.05, 0) is 31.0 Å². The third kappa shape index (κ3) is 8.03. The summed E-state index contributed by atoms with van der Waals surface area (Å²) in [5, 5.41) is 0.146. The van der Waals surface area contributed by atoms with Crippen molar-refractivity contribution in [1.82, 2.24) is 0 Å². The first kappa shape index (κ1) is 20.7. The number of hydrogen-bond acceptors (Lipinski definition) is 3. The van der Waals surface area contributed by atoms with Gasteiger partial charge >= 0.3 is 0 Å². The van der Waals surface area contributed by atoms with E-state index in [1.165, 1.54) is 0 Å². The second-order valence-electron chi connectivity index (χ2n) is 7.11. The fourth-order valence-corrected chi connectivity index (χ4v) is 2.49. The predicted molar refractivity (Wildman–Crippen MR) is 92.9 cm³/mol. The Kier molecular flexibility index (Phi) is 9.50. The van der Waals surface area contributed by atoms with Crippen LogP contribution in [0.2, 0.25) is 18.1 Å². The Labute approximate surface area is 133 Å². The Morgan fingerprint density at radius 1 is 1.00 bits per heavy atom. The summed E-state index contributed by atoms with van der Waals surface area (Å²) in [4.78, 5) is 0. The average molecular weight is 317 g/mol. The molecule has 0 aromatic heterocycles. The van der Waals surface area contributed by atoms with E-state index in [-0.39, 0.29) is 5.04 Å². The maximum atomic E-state index is 6.22. The summed E-state index contributed by atoms with van der Waals surface area (Å²) in [5.74, 6) is 0.633. The summed E-state index contributed by atoms with van der Waals surface area (Å²) in [6.45, 7) is 20.8. The Hall–Kier alpha value is -0.323. The van der Waals surface area contributed by atoms with Crippen LogP contribution >= 0.6 is 0 Å². The molecule has 0 bridgehead atoms. The molecule has 21 heavy (non-hydrogen) atoms. The van der Waals surface area contributed by atoms with Gasteiger partial charge in [0.1, 0.15) is 5.76 Å². The lowest BCUT2D eigenvalue weighted by molar-refractivity contribution is -0.135. The summed E-state index contributed by atoms with van der Waals surface area (Å²) in [5.41, 5.74) is 0. The van der Waals surface area contributed by atoms with E-state index in [1.54, 1.807) is 0 Å². The van der Waals surface area contributed by atoms with Crippen molar-refractivity contribution in [2.75, 3.05) is 13.2 Å². The van der Waals surface area contributed by atoms with E-state index in [1.807, 2.05) is 0 Å². The van der Waals surface area contributed by atoms with Crippen molar-refractivity contribution in [3.8, 4) is 0 Å². The molecule has 126 valence electrons. The maximum absolute atomic E-state index is 6.22. The van der Waals surface area contributed by atoms with Crippen LogP contribution in [0.4, 0.5) is 0 Å². The molecule has 0 rings (SSSR count). The molecule has 0 saturated carbocycles. The van der Waals surface area contributed by atoms with E-state index in [4.69, 9.17) is 13.9 Å². The van der Waals surface area contributed by atoms with Crippen molar-refractivity contribution in [2.24, 2.45) is 0 Å². The van der Waals surface area contributed by atoms with Gasteiger partial charge in [-0.15, -0.1) is 0 Å². The summed E-state index contributed by atoms with van der Waals surface area (Å²) in [6.07, 6.45) is 3.84. The maximum Gasteiger partial charge on any atom is 0.250 e. The SMILES string of the molecule is C=C(O[Si](C)(C)C(C)(C)C)C(OCCCC)OCCCC. The van der Waals surface area contributed by atoms with Gasteiger partial charge in [-0.25, -0.2) is 0 Å². The van der Waals surface area contributed by atoms with Gasteiger partial charge in [-0.3, -0.25) is 0 Å². The zero-order valence-corrected chi connectivity index (χ0v) is 16.3. The van der Waals surface area contributed by atoms with Crippen molar-refractivity contribution in [3.63, 3.8) is 0 Å². The van der Waals surface area contributed by atoms with Gasteiger partial charge in [0.2, 0.25) is 14.6 Å². The third-order valence-corrected chi connectivity index (χ3v) is 8.37. The van der Waals surface area contributed by atoms with Gasteiger partial charge < -0.3 is 13.9 Å². The lowest BCUT2D eigenvalue weighted by atomic mass is 10.2. The molecule has 0 heterocycles. The molecule has 3 nitrogen and oxygen atoms in total. The molecule has 0 aliphatic heterocycles. The topological polar surface area (TPSA) is 27.7 Å². The third-order valence-electron chi connectivity index (χ3n) is 3.99. The smallest absolute Gasteiger partial charge is 0.250 e. The molecule has 0 radical (unpaired) electrons. The van der Waals surface area contributed by atoms with Gasteiger partial charge in [-0.1, -0.05) is 54.0 Å². The molecule has 0 spiro atoms. The van der Waals surface area contributed by atoms with Crippen LogP contribution in [0.3, 0.4) is 0 Å². The lowest BCUT2D eigenvalue weighted by Crippen LogP contribution is -2.42. The molecule has 0 aromatic carbocycles. The molecule has 0 aliphatic rings. The summed E-state index contributed by atoms with van der Waals surface area (Å²) >= 11 is 0. The molecule has 0 aromatic rings. The molecule has 0 unspecified atom stereocenters. The van der Waals surface area contributed by atoms with E-state index in [0.29, 0.717) is 19.0 Å². The van der Waals surface area contributed by atoms with Gasteiger partial charge in [0.25, 0.3) is 0 Å². The number of hydrogen-bond donors (Lipinski definition) is 0. The fourth-order valence-electron chi connectivity index (χ4n) is 1.43. The highest BCUT2D eigenvalue weighted by molar-refractivity contribution is 6.74. The van der Waals surface area contributed by atoms with E-state index in [0.717, 1.165) is 25.7 Å². The monoisotopic (exact) mass is 316 g/mol. The highest BCUT2D eigenvalue weighted by Crippen LogP contribution is 2.38. The van der Waals surface area contributed by atoms with E-state index in [2.05, 4.69) is 54.3 Å². The van der Waals surface area contributed by atoms with Crippen molar-refractivity contribution in [3.05, 3.63) is 12.3 Å². The second kappa shape index (κ2) is 9.64. The van der Waals surface area contributed by atoms with Crippen LogP contribution in [-0.2, 0) is 13.9 Å². The quantitative estimate of drug-likeness (QED) is 0.218. The van der Waals surface area contributed by atoms with Crippen molar-refractivity contribution in [2.45, 2.75) is 84.7 Å². The van der Waals surface area contributed by atoms with Crippen LogP contribution in [0.5, 0.6) is 0 Å². The summed E-state index contributed by atoms with van der Waals surface area (Å²) < 4.78 is 17.9. The Morgan fingerprint density at radius 2 is 1.43 bits per heavy atom. The average Bonchev–Trinajstić information content (AvgIpc) is 2.35. The summed E-state index contributed by atoms with van der Waals surface area (Å²) in [7, 11) is -1.89. The van der Waals surface area contributed by atoms with E-state index < -0.39 is 14.6 Å². The van der Waals surface area contributed by atoms with E-state index >= 15 is 0 Å². The molecule has 0 amide bonds.